The van der Waals surface area contributed by atoms with E-state index in [1.807, 2.05) is 0 Å². The van der Waals surface area contributed by atoms with Gasteiger partial charge in [-0.05, 0) is 11.8 Å². The zero-order valence-electron chi connectivity index (χ0n) is 11.8. The first-order valence-electron chi connectivity index (χ1n) is 6.82. The molecule has 0 unspecified atom stereocenters. The van der Waals surface area contributed by atoms with E-state index in [1.54, 1.807) is 0 Å². The van der Waals surface area contributed by atoms with Crippen LogP contribution in [0.2, 0.25) is 0 Å². The number of halogens is 4. The van der Waals surface area contributed by atoms with Gasteiger partial charge < -0.3 is 20.8 Å². The van der Waals surface area contributed by atoms with Gasteiger partial charge in [-0.3, -0.25) is 0 Å². The minimum atomic E-state index is -3.06. The molecule has 0 aromatic rings. The first kappa shape index (κ1) is 22.7. The van der Waals surface area contributed by atoms with Crippen LogP contribution in [-0.4, -0.2) is 49.6 Å². The van der Waals surface area contributed by atoms with Crippen molar-refractivity contribution in [3.63, 3.8) is 0 Å². The molecule has 9 heteroatoms. The van der Waals surface area contributed by atoms with Crippen LogP contribution in [0.15, 0.2) is 0 Å². The summed E-state index contributed by atoms with van der Waals surface area (Å²) < 4.78 is 0. The van der Waals surface area contributed by atoms with E-state index in [0.717, 1.165) is 51.9 Å². The van der Waals surface area contributed by atoms with Crippen LogP contribution in [0, 0.1) is 11.8 Å². The predicted octanol–water partition coefficient (Wildman–Crippen LogP) is 4.28. The Morgan fingerprint density at radius 2 is 0.952 bits per heavy atom. The van der Waals surface area contributed by atoms with Gasteiger partial charge in [-0.2, -0.15) is 0 Å². The summed E-state index contributed by atoms with van der Waals surface area (Å²) in [5.74, 6) is 1.10. The monoisotopic (exact) mass is 563 g/mol. The predicted molar refractivity (Wildman–Crippen MR) is 89.2 cm³/mol. The Balaban J connectivity index is 0.000000296. The van der Waals surface area contributed by atoms with E-state index >= 15 is 0 Å². The molecule has 0 aromatic heterocycles. The summed E-state index contributed by atoms with van der Waals surface area (Å²) in [4.78, 5) is 0. The van der Waals surface area contributed by atoms with Crippen molar-refractivity contribution in [2.24, 2.45) is 11.8 Å². The fourth-order valence-corrected chi connectivity index (χ4v) is 1.97. The Morgan fingerprint density at radius 3 is 1.10 bits per heavy atom. The minimum absolute atomic E-state index is 0.357. The van der Waals surface area contributed by atoms with Crippen LogP contribution >= 0.6 is 37.7 Å². The third-order valence-corrected chi connectivity index (χ3v) is 3.30. The van der Waals surface area contributed by atoms with E-state index in [-0.39, 0.29) is 0 Å². The second kappa shape index (κ2) is 14.1. The number of nitrogens with zero attached hydrogens (tertiary/aromatic N) is 2. The van der Waals surface area contributed by atoms with Gasteiger partial charge in [0, 0.05) is 13.2 Å². The fourth-order valence-electron chi connectivity index (χ4n) is 1.97. The topological polar surface area (TPSA) is 68.7 Å². The normalized spacial score (nSPS) is 21.6. The molecular formula is C12H24Cl4N2O2Pt. The molecule has 0 saturated carbocycles. The Labute approximate surface area is 146 Å². The first-order chi connectivity index (χ1) is 9.86. The van der Waals surface area contributed by atoms with Gasteiger partial charge in [0.1, 0.15) is 0 Å². The molecule has 132 valence electrons. The number of piperidine rings is 2. The van der Waals surface area contributed by atoms with Crippen molar-refractivity contribution >= 4 is 37.7 Å². The van der Waals surface area contributed by atoms with Crippen LogP contribution in [-0.2, 0) is 11.9 Å². The summed E-state index contributed by atoms with van der Waals surface area (Å²) in [6.45, 7) is 4.57. The van der Waals surface area contributed by atoms with Crippen molar-refractivity contribution in [3.8, 4) is 0 Å². The van der Waals surface area contributed by atoms with Crippen LogP contribution in [0.5, 0.6) is 0 Å². The molecule has 0 aliphatic carbocycles. The van der Waals surface area contributed by atoms with E-state index in [9.17, 15) is 0 Å². The molecular weight excluding hydrogens is 541 g/mol. The Morgan fingerprint density at radius 1 is 0.714 bits per heavy atom. The van der Waals surface area contributed by atoms with Gasteiger partial charge in [0.25, 0.3) is 0 Å². The summed E-state index contributed by atoms with van der Waals surface area (Å²) in [6.07, 6.45) is 4.38. The molecule has 2 N–H and O–H groups in total. The fraction of sp³-hybridized carbons (Fsp3) is 1.00. The molecule has 2 saturated heterocycles. The maximum absolute atomic E-state index is 8.65. The van der Waals surface area contributed by atoms with Crippen LogP contribution in [0.1, 0.15) is 25.7 Å². The Hall–Kier alpha value is 1.69. The average Bonchev–Trinajstić information content (AvgIpc) is 2.48. The van der Waals surface area contributed by atoms with Crippen molar-refractivity contribution < 1.29 is 22.1 Å². The maximum atomic E-state index is 8.65. The second-order valence-corrected chi connectivity index (χ2v) is 24.6. The number of hydrogen-bond acceptors (Lipinski definition) is 2. The van der Waals surface area contributed by atoms with Crippen LogP contribution in [0.4, 0.5) is 0 Å². The van der Waals surface area contributed by atoms with Crippen LogP contribution in [0.3, 0.4) is 0 Å². The average molecular weight is 565 g/mol. The summed E-state index contributed by atoms with van der Waals surface area (Å²) in [7, 11) is 20.0. The second-order valence-electron chi connectivity index (χ2n) is 4.86. The molecule has 4 nitrogen and oxygen atoms in total. The van der Waals surface area contributed by atoms with Crippen molar-refractivity contribution in [1.29, 1.82) is 0 Å². The van der Waals surface area contributed by atoms with E-state index < -0.39 is 11.9 Å². The van der Waals surface area contributed by atoms with Crippen molar-refractivity contribution in [2.45, 2.75) is 25.7 Å². The van der Waals surface area contributed by atoms with Gasteiger partial charge in [0.15, 0.2) is 0 Å². The van der Waals surface area contributed by atoms with Crippen molar-refractivity contribution in [1.82, 2.24) is 0 Å². The summed E-state index contributed by atoms with van der Waals surface area (Å²) in [6, 6.07) is 0. The molecule has 2 rings (SSSR count). The van der Waals surface area contributed by atoms with Crippen molar-refractivity contribution in [2.75, 3.05) is 39.4 Å². The van der Waals surface area contributed by atoms with Gasteiger partial charge in [0.05, 0.1) is 0 Å². The van der Waals surface area contributed by atoms with Gasteiger partial charge in [-0.1, -0.05) is 25.7 Å². The molecule has 21 heavy (non-hydrogen) atoms. The quantitative estimate of drug-likeness (QED) is 0.526. The van der Waals surface area contributed by atoms with Gasteiger partial charge in [-0.25, -0.2) is 0 Å². The molecule has 0 bridgehead atoms. The molecule has 0 amide bonds. The number of rotatable bonds is 2. The zero-order valence-corrected chi connectivity index (χ0v) is 17.1. The molecule has 0 radical (unpaired) electrons. The van der Waals surface area contributed by atoms with Crippen LogP contribution < -0.4 is 0 Å². The van der Waals surface area contributed by atoms with Crippen LogP contribution in [0.25, 0.3) is 10.6 Å². The van der Waals surface area contributed by atoms with Gasteiger partial charge in [-0.15, -0.1) is 26.2 Å². The Kier molecular flexibility index (Phi) is 15.2. The zero-order chi connectivity index (χ0) is 16.1. The molecule has 2 aliphatic heterocycles. The summed E-state index contributed by atoms with van der Waals surface area (Å²) in [5.41, 5.74) is 0. The van der Waals surface area contributed by atoms with Gasteiger partial charge >= 0.3 is 49.6 Å². The standard InChI is InChI=1S/2C6H12NO.4ClH.Pt/c2*8-5-6-1-3-7-4-2-6;;;;;/h2*6,8H,1-5H2;4*1H;/q2*-1;;;;;+6/p-4. The number of hydrogen-bond donors (Lipinski definition) is 2. The first-order valence-corrected chi connectivity index (χ1v) is 18.1. The van der Waals surface area contributed by atoms with Crippen molar-refractivity contribution in [3.05, 3.63) is 10.6 Å². The van der Waals surface area contributed by atoms with E-state index in [4.69, 9.17) is 47.9 Å². The molecule has 2 fully saturated rings. The number of aliphatic hydroxyl groups excluding tert-OH is 2. The van der Waals surface area contributed by atoms with E-state index in [2.05, 4.69) is 10.6 Å². The molecule has 2 heterocycles. The third-order valence-electron chi connectivity index (χ3n) is 3.30. The number of aliphatic hydroxyl groups is 2. The Bertz CT molecular complexity index is 212. The molecule has 0 aromatic carbocycles. The molecule has 0 spiro atoms. The van der Waals surface area contributed by atoms with E-state index in [0.29, 0.717) is 25.0 Å². The molecule has 0 atom stereocenters. The summed E-state index contributed by atoms with van der Waals surface area (Å²) in [5, 5.41) is 25.6. The SMILES string of the molecule is OCC1CC[N-]CC1.OCC1CC[N-]CC1.[Cl][Pt+2]([Cl])([Cl])[Cl]. The van der Waals surface area contributed by atoms with Gasteiger partial charge in [0.2, 0.25) is 0 Å². The molecule has 2 aliphatic rings. The van der Waals surface area contributed by atoms with E-state index in [1.165, 1.54) is 0 Å². The summed E-state index contributed by atoms with van der Waals surface area (Å²) >= 11 is -3.06. The third kappa shape index (κ3) is 17.9.